The van der Waals surface area contributed by atoms with Crippen LogP contribution in [0.1, 0.15) is 18.1 Å². The lowest BCUT2D eigenvalue weighted by molar-refractivity contribution is 0.475. The third-order valence-electron chi connectivity index (χ3n) is 2.97. The predicted molar refractivity (Wildman–Crippen MR) is 80.7 cm³/mol. The van der Waals surface area contributed by atoms with E-state index < -0.39 is 0 Å². The predicted octanol–water partition coefficient (Wildman–Crippen LogP) is 3.91. The van der Waals surface area contributed by atoms with Crippen LogP contribution < -0.4 is 0 Å². The molecule has 0 aliphatic rings. The number of aliphatic imine (C=N–C) groups is 1. The maximum Gasteiger partial charge on any atom is 0.116 e. The van der Waals surface area contributed by atoms with Crippen molar-refractivity contribution in [1.29, 1.82) is 0 Å². The Morgan fingerprint density at radius 2 is 1.68 bits per heavy atom. The molecule has 0 saturated heterocycles. The lowest BCUT2D eigenvalue weighted by Crippen LogP contribution is -1.97. The fourth-order valence-electron chi connectivity index (χ4n) is 1.93. The second kappa shape index (κ2) is 6.01. The van der Waals surface area contributed by atoms with Gasteiger partial charge in [0, 0.05) is 12.6 Å². The van der Waals surface area contributed by atoms with Crippen molar-refractivity contribution in [2.45, 2.75) is 6.92 Å². The summed E-state index contributed by atoms with van der Waals surface area (Å²) < 4.78 is 0. The van der Waals surface area contributed by atoms with Gasteiger partial charge in [-0.1, -0.05) is 42.5 Å². The molecule has 96 valence electrons. The highest BCUT2D eigenvalue weighted by Crippen LogP contribution is 2.17. The maximum atomic E-state index is 9.53. The molecule has 2 nitrogen and oxygen atoms in total. The van der Waals surface area contributed by atoms with Crippen LogP contribution in [-0.4, -0.2) is 17.9 Å². The van der Waals surface area contributed by atoms with E-state index in [0.29, 0.717) is 0 Å². The number of allylic oxidation sites excluding steroid dienone is 2. The van der Waals surface area contributed by atoms with E-state index in [-0.39, 0.29) is 5.75 Å². The number of nitrogens with zero attached hydrogens (tertiary/aromatic N) is 1. The lowest BCUT2D eigenvalue weighted by atomic mass is 10.0. The molecule has 2 aromatic carbocycles. The van der Waals surface area contributed by atoms with E-state index in [1.165, 1.54) is 5.56 Å². The van der Waals surface area contributed by atoms with Gasteiger partial charge >= 0.3 is 0 Å². The Morgan fingerprint density at radius 3 is 2.32 bits per heavy atom. The zero-order valence-corrected chi connectivity index (χ0v) is 11.2. The monoisotopic (exact) mass is 251 g/mol. The molecule has 0 aromatic heterocycles. The molecule has 0 atom stereocenters. The fourth-order valence-corrected chi connectivity index (χ4v) is 1.93. The van der Waals surface area contributed by atoms with E-state index in [1.54, 1.807) is 19.2 Å². The minimum atomic E-state index is 0.254. The standard InChI is InChI=1S/C17H17NO/c1-13(14-7-4-3-5-8-14)11-17(18-2)15-9-6-10-16(19)12-15/h3-12,19H,1-2H3/b13-11+,18-17?. The van der Waals surface area contributed by atoms with E-state index in [1.807, 2.05) is 36.4 Å². The molecule has 2 aromatic rings. The second-order valence-electron chi connectivity index (χ2n) is 4.35. The van der Waals surface area contributed by atoms with Gasteiger partial charge in [0.1, 0.15) is 5.75 Å². The fraction of sp³-hybridized carbons (Fsp3) is 0.118. The zero-order chi connectivity index (χ0) is 13.7. The van der Waals surface area contributed by atoms with Gasteiger partial charge in [0.25, 0.3) is 0 Å². The number of aromatic hydroxyl groups is 1. The highest BCUT2D eigenvalue weighted by Gasteiger charge is 2.02. The molecule has 0 spiro atoms. The lowest BCUT2D eigenvalue weighted by Gasteiger charge is -2.05. The number of phenols is 1. The van der Waals surface area contributed by atoms with Gasteiger partial charge in [-0.05, 0) is 36.3 Å². The van der Waals surface area contributed by atoms with Crippen LogP contribution in [0.25, 0.3) is 5.57 Å². The smallest absolute Gasteiger partial charge is 0.116 e. The molecule has 0 aliphatic heterocycles. The van der Waals surface area contributed by atoms with Gasteiger partial charge < -0.3 is 5.11 Å². The van der Waals surface area contributed by atoms with Crippen LogP contribution in [0.5, 0.6) is 5.75 Å². The summed E-state index contributed by atoms with van der Waals surface area (Å²) in [4.78, 5) is 4.29. The van der Waals surface area contributed by atoms with Crippen LogP contribution in [0.3, 0.4) is 0 Å². The van der Waals surface area contributed by atoms with Gasteiger partial charge in [-0.15, -0.1) is 0 Å². The summed E-state index contributed by atoms with van der Waals surface area (Å²) in [6.07, 6.45) is 2.03. The molecule has 0 radical (unpaired) electrons. The Balaban J connectivity index is 2.35. The number of rotatable bonds is 3. The number of hydrogen-bond acceptors (Lipinski definition) is 2. The SMILES string of the molecule is CN=C(/C=C(\C)c1ccccc1)c1cccc(O)c1. The van der Waals surface area contributed by atoms with Crippen LogP contribution in [0, 0.1) is 0 Å². The molecular weight excluding hydrogens is 234 g/mol. The summed E-state index contributed by atoms with van der Waals surface area (Å²) in [5.41, 5.74) is 4.09. The van der Waals surface area contributed by atoms with Crippen molar-refractivity contribution >= 4 is 11.3 Å². The van der Waals surface area contributed by atoms with Crippen molar-refractivity contribution in [2.75, 3.05) is 7.05 Å². The second-order valence-corrected chi connectivity index (χ2v) is 4.35. The van der Waals surface area contributed by atoms with Gasteiger partial charge in [0.2, 0.25) is 0 Å². The average molecular weight is 251 g/mol. The van der Waals surface area contributed by atoms with Crippen molar-refractivity contribution in [2.24, 2.45) is 4.99 Å². The molecule has 0 fully saturated rings. The van der Waals surface area contributed by atoms with Gasteiger partial charge in [-0.3, -0.25) is 4.99 Å². The Labute approximate surface area is 113 Å². The summed E-state index contributed by atoms with van der Waals surface area (Å²) >= 11 is 0. The summed E-state index contributed by atoms with van der Waals surface area (Å²) in [6.45, 7) is 2.06. The average Bonchev–Trinajstić information content (AvgIpc) is 2.45. The third-order valence-corrected chi connectivity index (χ3v) is 2.97. The summed E-state index contributed by atoms with van der Waals surface area (Å²) in [5, 5.41) is 9.53. The largest absolute Gasteiger partial charge is 0.508 e. The molecule has 0 amide bonds. The van der Waals surface area contributed by atoms with Gasteiger partial charge in [0.05, 0.1) is 5.71 Å². The molecule has 2 heteroatoms. The molecule has 0 bridgehead atoms. The van der Waals surface area contributed by atoms with E-state index in [2.05, 4.69) is 24.0 Å². The number of phenolic OH excluding ortho intramolecular Hbond substituents is 1. The van der Waals surface area contributed by atoms with Crippen LogP contribution in [-0.2, 0) is 0 Å². The number of benzene rings is 2. The van der Waals surface area contributed by atoms with Crippen molar-refractivity contribution in [1.82, 2.24) is 0 Å². The Bertz CT molecular complexity index is 612. The Kier molecular flexibility index (Phi) is 4.14. The molecule has 19 heavy (non-hydrogen) atoms. The van der Waals surface area contributed by atoms with Crippen LogP contribution in [0.15, 0.2) is 65.7 Å². The molecule has 0 saturated carbocycles. The van der Waals surface area contributed by atoms with Crippen molar-refractivity contribution in [3.63, 3.8) is 0 Å². The highest BCUT2D eigenvalue weighted by molar-refractivity contribution is 6.12. The molecule has 1 N–H and O–H groups in total. The van der Waals surface area contributed by atoms with Crippen molar-refractivity contribution in [3.8, 4) is 5.75 Å². The van der Waals surface area contributed by atoms with E-state index in [0.717, 1.165) is 16.8 Å². The molecule has 2 rings (SSSR count). The summed E-state index contributed by atoms with van der Waals surface area (Å²) in [6, 6.07) is 17.3. The van der Waals surface area contributed by atoms with E-state index >= 15 is 0 Å². The molecule has 0 unspecified atom stereocenters. The van der Waals surface area contributed by atoms with E-state index in [9.17, 15) is 5.11 Å². The quantitative estimate of drug-likeness (QED) is 0.824. The first-order valence-corrected chi connectivity index (χ1v) is 6.20. The first kappa shape index (κ1) is 13.1. The summed E-state index contributed by atoms with van der Waals surface area (Å²) in [5.74, 6) is 0.254. The van der Waals surface area contributed by atoms with E-state index in [4.69, 9.17) is 0 Å². The van der Waals surface area contributed by atoms with Crippen LogP contribution in [0.2, 0.25) is 0 Å². The number of hydrogen-bond donors (Lipinski definition) is 1. The van der Waals surface area contributed by atoms with Gasteiger partial charge in [0.15, 0.2) is 0 Å². The van der Waals surface area contributed by atoms with Crippen LogP contribution in [0.4, 0.5) is 0 Å². The minimum absolute atomic E-state index is 0.254. The topological polar surface area (TPSA) is 32.6 Å². The zero-order valence-electron chi connectivity index (χ0n) is 11.2. The normalized spacial score (nSPS) is 12.5. The minimum Gasteiger partial charge on any atom is -0.508 e. The molecule has 0 aliphatic carbocycles. The maximum absolute atomic E-state index is 9.53. The third kappa shape index (κ3) is 3.32. The Hall–Kier alpha value is -2.35. The van der Waals surface area contributed by atoms with Crippen LogP contribution >= 0.6 is 0 Å². The van der Waals surface area contributed by atoms with Gasteiger partial charge in [-0.25, -0.2) is 0 Å². The Morgan fingerprint density at radius 1 is 1.00 bits per heavy atom. The summed E-state index contributed by atoms with van der Waals surface area (Å²) in [7, 11) is 1.76. The van der Waals surface area contributed by atoms with Crippen molar-refractivity contribution < 1.29 is 5.11 Å². The molecular formula is C17H17NO. The first-order chi connectivity index (χ1) is 9.20. The first-order valence-electron chi connectivity index (χ1n) is 6.20. The highest BCUT2D eigenvalue weighted by atomic mass is 16.3. The van der Waals surface area contributed by atoms with Gasteiger partial charge in [-0.2, -0.15) is 0 Å². The van der Waals surface area contributed by atoms with Crippen molar-refractivity contribution in [3.05, 3.63) is 71.8 Å². The molecule has 0 heterocycles.